The lowest BCUT2D eigenvalue weighted by Gasteiger charge is -2.37. The fourth-order valence-electron chi connectivity index (χ4n) is 4.04. The number of carbonyl (C=O) groups excluding carboxylic acids is 1. The Morgan fingerprint density at radius 2 is 1.07 bits per heavy atom. The monoisotopic (exact) mass is 378 g/mol. The molecule has 0 saturated heterocycles. The molecule has 0 saturated carbocycles. The highest BCUT2D eigenvalue weighted by atomic mass is 16.5. The molecular formula is C26H18O3. The lowest BCUT2D eigenvalue weighted by molar-refractivity contribution is 0.0943. The number of hydrogen-bond acceptors (Lipinski definition) is 3. The maximum absolute atomic E-state index is 13.1. The number of hydrogen-bond donors (Lipinski definition) is 1. The van der Waals surface area contributed by atoms with Gasteiger partial charge < -0.3 is 9.84 Å². The first-order valence-electron chi connectivity index (χ1n) is 9.48. The SMILES string of the molecule is O=C1c2ccccc2C(O)(c2ccccc2Oc2ccccc2)c2ccccc21. The number of benzene rings is 4. The molecule has 4 aromatic carbocycles. The van der Waals surface area contributed by atoms with Crippen molar-refractivity contribution >= 4 is 5.78 Å². The zero-order chi connectivity index (χ0) is 19.8. The van der Waals surface area contributed by atoms with E-state index in [1.54, 1.807) is 12.1 Å². The second-order valence-corrected chi connectivity index (χ2v) is 7.04. The quantitative estimate of drug-likeness (QED) is 0.526. The Morgan fingerprint density at radius 1 is 0.586 bits per heavy atom. The first-order valence-corrected chi connectivity index (χ1v) is 9.48. The van der Waals surface area contributed by atoms with E-state index >= 15 is 0 Å². The molecule has 0 heterocycles. The molecule has 0 amide bonds. The van der Waals surface area contributed by atoms with Crippen LogP contribution < -0.4 is 4.74 Å². The van der Waals surface area contributed by atoms with Crippen molar-refractivity contribution in [3.05, 3.63) is 131 Å². The molecule has 1 N–H and O–H groups in total. The summed E-state index contributed by atoms with van der Waals surface area (Å²) >= 11 is 0. The van der Waals surface area contributed by atoms with Crippen molar-refractivity contribution in [3.8, 4) is 11.5 Å². The number of rotatable bonds is 3. The third-order valence-corrected chi connectivity index (χ3v) is 5.37. The van der Waals surface area contributed by atoms with Gasteiger partial charge in [-0.1, -0.05) is 84.9 Å². The van der Waals surface area contributed by atoms with Crippen molar-refractivity contribution in [2.75, 3.05) is 0 Å². The minimum Gasteiger partial charge on any atom is -0.457 e. The van der Waals surface area contributed by atoms with Gasteiger partial charge in [-0.3, -0.25) is 4.79 Å². The van der Waals surface area contributed by atoms with Crippen molar-refractivity contribution in [1.82, 2.24) is 0 Å². The van der Waals surface area contributed by atoms with Gasteiger partial charge in [0, 0.05) is 27.8 Å². The van der Waals surface area contributed by atoms with Gasteiger partial charge in [-0.2, -0.15) is 0 Å². The van der Waals surface area contributed by atoms with E-state index in [9.17, 15) is 9.90 Å². The Morgan fingerprint density at radius 3 is 1.69 bits per heavy atom. The highest BCUT2D eigenvalue weighted by Gasteiger charge is 2.44. The average Bonchev–Trinajstić information content (AvgIpc) is 2.79. The maximum atomic E-state index is 13.1. The third kappa shape index (κ3) is 2.67. The summed E-state index contributed by atoms with van der Waals surface area (Å²) in [6, 6.07) is 31.3. The predicted molar refractivity (Wildman–Crippen MR) is 111 cm³/mol. The van der Waals surface area contributed by atoms with E-state index < -0.39 is 5.60 Å². The summed E-state index contributed by atoms with van der Waals surface area (Å²) in [5.41, 5.74) is 1.22. The minimum atomic E-state index is -1.51. The molecular weight excluding hydrogens is 360 g/mol. The summed E-state index contributed by atoms with van der Waals surface area (Å²) < 4.78 is 6.14. The van der Waals surface area contributed by atoms with Gasteiger partial charge in [-0.15, -0.1) is 0 Å². The average molecular weight is 378 g/mol. The molecule has 29 heavy (non-hydrogen) atoms. The molecule has 0 bridgehead atoms. The van der Waals surface area contributed by atoms with Gasteiger partial charge in [0.15, 0.2) is 5.78 Å². The van der Waals surface area contributed by atoms with Crippen molar-refractivity contribution in [1.29, 1.82) is 0 Å². The predicted octanol–water partition coefficient (Wildman–Crippen LogP) is 5.31. The van der Waals surface area contributed by atoms with Gasteiger partial charge in [-0.05, 0) is 18.2 Å². The Hall–Kier alpha value is -3.69. The highest BCUT2D eigenvalue weighted by molar-refractivity contribution is 6.13. The number of ketones is 1. The molecule has 0 aromatic heterocycles. The normalized spacial score (nSPS) is 14.0. The van der Waals surface area contributed by atoms with Gasteiger partial charge in [0.05, 0.1) is 0 Å². The van der Waals surface area contributed by atoms with Crippen molar-refractivity contribution in [3.63, 3.8) is 0 Å². The second-order valence-electron chi connectivity index (χ2n) is 7.04. The number of aliphatic hydroxyl groups is 1. The Labute approximate surface area is 168 Å². The Kier molecular flexibility index (Phi) is 4.04. The van der Waals surface area contributed by atoms with E-state index in [2.05, 4.69) is 0 Å². The summed E-state index contributed by atoms with van der Waals surface area (Å²) in [5, 5.41) is 12.2. The molecule has 3 heteroatoms. The lowest BCUT2D eigenvalue weighted by atomic mass is 9.70. The fraction of sp³-hybridized carbons (Fsp3) is 0.0385. The van der Waals surface area contributed by atoms with E-state index in [1.807, 2.05) is 91.0 Å². The van der Waals surface area contributed by atoms with Gasteiger partial charge in [0.1, 0.15) is 17.1 Å². The zero-order valence-corrected chi connectivity index (χ0v) is 15.6. The van der Waals surface area contributed by atoms with Gasteiger partial charge in [0.2, 0.25) is 0 Å². The molecule has 5 rings (SSSR count). The summed E-state index contributed by atoms with van der Waals surface area (Å²) in [6.45, 7) is 0. The molecule has 140 valence electrons. The number of ether oxygens (including phenoxy) is 1. The molecule has 0 unspecified atom stereocenters. The van der Waals surface area contributed by atoms with Crippen LogP contribution in [-0.2, 0) is 5.60 Å². The number of fused-ring (bicyclic) bond motifs is 2. The summed E-state index contributed by atoms with van der Waals surface area (Å²) in [7, 11) is 0. The van der Waals surface area contributed by atoms with Crippen LogP contribution in [0, 0.1) is 0 Å². The largest absolute Gasteiger partial charge is 0.457 e. The van der Waals surface area contributed by atoms with E-state index in [0.29, 0.717) is 39.3 Å². The van der Waals surface area contributed by atoms with Crippen molar-refractivity contribution in [2.24, 2.45) is 0 Å². The standard InChI is InChI=1S/C26H18O3/c27-25-19-12-4-6-14-21(19)26(28,22-15-7-5-13-20(22)25)23-16-8-9-17-24(23)29-18-10-2-1-3-11-18/h1-17,28H. The van der Waals surface area contributed by atoms with Crippen LogP contribution in [0.5, 0.6) is 11.5 Å². The molecule has 0 radical (unpaired) electrons. The van der Waals surface area contributed by atoms with E-state index in [1.165, 1.54) is 0 Å². The lowest BCUT2D eigenvalue weighted by Crippen LogP contribution is -2.37. The zero-order valence-electron chi connectivity index (χ0n) is 15.6. The molecule has 4 aromatic rings. The fourth-order valence-corrected chi connectivity index (χ4v) is 4.04. The van der Waals surface area contributed by atoms with E-state index in [-0.39, 0.29) is 5.78 Å². The number of carbonyl (C=O) groups is 1. The van der Waals surface area contributed by atoms with Gasteiger partial charge in [-0.25, -0.2) is 0 Å². The molecule has 1 aliphatic rings. The summed E-state index contributed by atoms with van der Waals surface area (Å²) in [5.74, 6) is 1.14. The smallest absolute Gasteiger partial charge is 0.193 e. The molecule has 3 nitrogen and oxygen atoms in total. The van der Waals surface area contributed by atoms with Crippen LogP contribution in [0.25, 0.3) is 0 Å². The van der Waals surface area contributed by atoms with Crippen molar-refractivity contribution in [2.45, 2.75) is 5.60 Å². The Bertz CT molecular complexity index is 1160. The van der Waals surface area contributed by atoms with Crippen LogP contribution in [0.3, 0.4) is 0 Å². The van der Waals surface area contributed by atoms with Crippen LogP contribution in [0.15, 0.2) is 103 Å². The molecule has 1 aliphatic carbocycles. The first-order chi connectivity index (χ1) is 14.2. The van der Waals surface area contributed by atoms with Gasteiger partial charge in [0.25, 0.3) is 0 Å². The van der Waals surface area contributed by atoms with Crippen LogP contribution in [0.2, 0.25) is 0 Å². The Balaban J connectivity index is 1.77. The van der Waals surface area contributed by atoms with Crippen LogP contribution in [0.1, 0.15) is 32.6 Å². The van der Waals surface area contributed by atoms with Crippen LogP contribution in [-0.4, -0.2) is 10.9 Å². The third-order valence-electron chi connectivity index (χ3n) is 5.37. The van der Waals surface area contributed by atoms with Crippen molar-refractivity contribution < 1.29 is 14.6 Å². The summed E-state index contributed by atoms with van der Waals surface area (Å²) in [6.07, 6.45) is 0. The van der Waals surface area contributed by atoms with E-state index in [4.69, 9.17) is 4.74 Å². The summed E-state index contributed by atoms with van der Waals surface area (Å²) in [4.78, 5) is 13.1. The van der Waals surface area contributed by atoms with Crippen LogP contribution in [0.4, 0.5) is 0 Å². The number of para-hydroxylation sites is 2. The second kappa shape index (κ2) is 6.73. The van der Waals surface area contributed by atoms with Crippen LogP contribution >= 0.6 is 0 Å². The first kappa shape index (κ1) is 17.4. The van der Waals surface area contributed by atoms with Gasteiger partial charge >= 0.3 is 0 Å². The highest BCUT2D eigenvalue weighted by Crippen LogP contribution is 2.47. The molecule has 0 fully saturated rings. The maximum Gasteiger partial charge on any atom is 0.193 e. The minimum absolute atomic E-state index is 0.0812. The molecule has 0 spiro atoms. The molecule has 0 atom stereocenters. The molecule has 0 aliphatic heterocycles. The van der Waals surface area contributed by atoms with E-state index in [0.717, 1.165) is 0 Å². The topological polar surface area (TPSA) is 46.5 Å².